The highest BCUT2D eigenvalue weighted by Gasteiger charge is 2.08. The highest BCUT2D eigenvalue weighted by Crippen LogP contribution is 2.21. The molecule has 62 valence electrons. The van der Waals surface area contributed by atoms with Gasteiger partial charge in [0.05, 0.1) is 5.02 Å². The molecule has 0 saturated carbocycles. The average Bonchev–Trinajstić information content (AvgIpc) is 2.08. The molecule has 0 unspecified atom stereocenters. The van der Waals surface area contributed by atoms with Gasteiger partial charge < -0.3 is 0 Å². The summed E-state index contributed by atoms with van der Waals surface area (Å²) in [7, 11) is 0. The van der Waals surface area contributed by atoms with Gasteiger partial charge in [-0.25, -0.2) is 0 Å². The Balaban J connectivity index is 3.48. The predicted octanol–water partition coefficient (Wildman–Crippen LogP) is 2.57. The second kappa shape index (κ2) is 4.00. The van der Waals surface area contributed by atoms with Crippen molar-refractivity contribution in [1.29, 1.82) is 0 Å². The zero-order valence-electron chi connectivity index (χ0n) is 5.88. The highest BCUT2D eigenvalue weighted by atomic mass is 127. The Hall–Kier alpha value is -0.420. The van der Waals surface area contributed by atoms with Crippen LogP contribution < -0.4 is 0 Å². The summed E-state index contributed by atoms with van der Waals surface area (Å²) in [6, 6.07) is 3.29. The summed E-state index contributed by atoms with van der Waals surface area (Å²) in [5.41, 5.74) is 0.622. The number of carbonyl (C=O) groups is 2. The Bertz CT molecular complexity index is 303. The van der Waals surface area contributed by atoms with Gasteiger partial charge >= 0.3 is 0 Å². The number of rotatable bonds is 2. The van der Waals surface area contributed by atoms with E-state index in [1.54, 1.807) is 12.1 Å². The van der Waals surface area contributed by atoms with Gasteiger partial charge in [0, 0.05) is 14.7 Å². The van der Waals surface area contributed by atoms with Crippen molar-refractivity contribution >= 4 is 46.8 Å². The second-order valence-corrected chi connectivity index (χ2v) is 3.66. The summed E-state index contributed by atoms with van der Waals surface area (Å²) in [5.74, 6) is 0. The molecule has 4 heteroatoms. The van der Waals surface area contributed by atoms with Crippen LogP contribution >= 0.6 is 34.2 Å². The summed E-state index contributed by atoms with van der Waals surface area (Å²) < 4.78 is 0.731. The van der Waals surface area contributed by atoms with Crippen molar-refractivity contribution in [3.8, 4) is 0 Å². The van der Waals surface area contributed by atoms with E-state index in [4.69, 9.17) is 11.6 Å². The third-order valence-electron chi connectivity index (χ3n) is 1.42. The Morgan fingerprint density at radius 2 is 1.75 bits per heavy atom. The van der Waals surface area contributed by atoms with Gasteiger partial charge in [0.2, 0.25) is 0 Å². The number of benzene rings is 1. The van der Waals surface area contributed by atoms with Gasteiger partial charge in [-0.3, -0.25) is 9.59 Å². The first-order valence-corrected chi connectivity index (χ1v) is 4.54. The molecule has 0 bridgehead atoms. The fourth-order valence-electron chi connectivity index (χ4n) is 0.823. The molecular formula is C8H4ClIO2. The summed E-state index contributed by atoms with van der Waals surface area (Å²) in [5, 5.41) is 0.313. The summed E-state index contributed by atoms with van der Waals surface area (Å²) in [6.45, 7) is 0. The van der Waals surface area contributed by atoms with Crippen LogP contribution in [0.5, 0.6) is 0 Å². The van der Waals surface area contributed by atoms with Crippen molar-refractivity contribution in [2.45, 2.75) is 0 Å². The number of hydrogen-bond acceptors (Lipinski definition) is 2. The van der Waals surface area contributed by atoms with E-state index in [-0.39, 0.29) is 5.56 Å². The number of hydrogen-bond donors (Lipinski definition) is 0. The minimum atomic E-state index is 0.263. The van der Waals surface area contributed by atoms with E-state index in [9.17, 15) is 9.59 Å². The molecule has 0 amide bonds. The first kappa shape index (κ1) is 9.67. The quantitative estimate of drug-likeness (QED) is 0.620. The normalized spacial score (nSPS) is 9.50. The molecule has 2 nitrogen and oxygen atoms in total. The van der Waals surface area contributed by atoms with E-state index in [1.165, 1.54) is 0 Å². The van der Waals surface area contributed by atoms with Gasteiger partial charge in [-0.15, -0.1) is 0 Å². The average molecular weight is 294 g/mol. The lowest BCUT2D eigenvalue weighted by Gasteiger charge is -2.01. The van der Waals surface area contributed by atoms with E-state index in [2.05, 4.69) is 0 Å². The standard InChI is InChI=1S/C8H4ClIO2/c9-7-1-2-8(10)6(4-12)5(7)3-11/h1-4H. The van der Waals surface area contributed by atoms with Crippen LogP contribution in [0.2, 0.25) is 5.02 Å². The molecule has 0 aromatic heterocycles. The lowest BCUT2D eigenvalue weighted by Crippen LogP contribution is -1.95. The number of halogens is 2. The Morgan fingerprint density at radius 3 is 2.17 bits per heavy atom. The van der Waals surface area contributed by atoms with Crippen LogP contribution in [-0.2, 0) is 0 Å². The van der Waals surface area contributed by atoms with E-state index in [1.807, 2.05) is 22.6 Å². The van der Waals surface area contributed by atoms with Crippen LogP contribution in [0, 0.1) is 3.57 Å². The van der Waals surface area contributed by atoms with Crippen LogP contribution in [0.15, 0.2) is 12.1 Å². The molecular weight excluding hydrogens is 290 g/mol. The molecule has 0 fully saturated rings. The van der Waals surface area contributed by atoms with Crippen molar-refractivity contribution in [3.05, 3.63) is 31.9 Å². The Labute approximate surface area is 88.0 Å². The van der Waals surface area contributed by atoms with Gasteiger partial charge in [0.1, 0.15) is 0 Å². The number of aldehydes is 2. The summed E-state index contributed by atoms with van der Waals surface area (Å²) in [6.07, 6.45) is 1.23. The molecule has 0 radical (unpaired) electrons. The second-order valence-electron chi connectivity index (χ2n) is 2.09. The molecule has 0 spiro atoms. The van der Waals surface area contributed by atoms with E-state index in [0.717, 1.165) is 3.57 Å². The van der Waals surface area contributed by atoms with Gasteiger partial charge in [-0.2, -0.15) is 0 Å². The molecule has 0 saturated heterocycles. The molecule has 12 heavy (non-hydrogen) atoms. The topological polar surface area (TPSA) is 34.1 Å². The Morgan fingerprint density at radius 1 is 1.17 bits per heavy atom. The SMILES string of the molecule is O=Cc1c(Cl)ccc(I)c1C=O. The van der Waals surface area contributed by atoms with Gasteiger partial charge in [0.25, 0.3) is 0 Å². The monoisotopic (exact) mass is 294 g/mol. The highest BCUT2D eigenvalue weighted by molar-refractivity contribution is 14.1. The molecule has 0 aliphatic rings. The zero-order valence-corrected chi connectivity index (χ0v) is 8.80. The maximum absolute atomic E-state index is 10.5. The van der Waals surface area contributed by atoms with Crippen molar-refractivity contribution in [1.82, 2.24) is 0 Å². The third-order valence-corrected chi connectivity index (χ3v) is 2.69. The minimum absolute atomic E-state index is 0.263. The summed E-state index contributed by atoms with van der Waals surface area (Å²) >= 11 is 7.66. The third kappa shape index (κ3) is 1.67. The van der Waals surface area contributed by atoms with Crippen molar-refractivity contribution < 1.29 is 9.59 Å². The minimum Gasteiger partial charge on any atom is -0.298 e. The molecule has 1 rings (SSSR count). The van der Waals surface area contributed by atoms with Crippen molar-refractivity contribution in [3.63, 3.8) is 0 Å². The summed E-state index contributed by atoms with van der Waals surface area (Å²) in [4.78, 5) is 21.0. The van der Waals surface area contributed by atoms with E-state index < -0.39 is 0 Å². The van der Waals surface area contributed by atoms with Crippen molar-refractivity contribution in [2.75, 3.05) is 0 Å². The first-order valence-electron chi connectivity index (χ1n) is 3.09. The van der Waals surface area contributed by atoms with Crippen LogP contribution in [-0.4, -0.2) is 12.6 Å². The zero-order chi connectivity index (χ0) is 9.14. The van der Waals surface area contributed by atoms with Crippen LogP contribution in [0.1, 0.15) is 20.7 Å². The van der Waals surface area contributed by atoms with Crippen LogP contribution in [0.4, 0.5) is 0 Å². The number of carbonyl (C=O) groups excluding carboxylic acids is 2. The molecule has 0 atom stereocenters. The molecule has 0 aliphatic heterocycles. The lowest BCUT2D eigenvalue weighted by atomic mass is 10.1. The largest absolute Gasteiger partial charge is 0.298 e. The maximum atomic E-state index is 10.5. The predicted molar refractivity (Wildman–Crippen MR) is 54.9 cm³/mol. The molecule has 0 heterocycles. The van der Waals surface area contributed by atoms with Crippen LogP contribution in [0.3, 0.4) is 0 Å². The Kier molecular flexibility index (Phi) is 3.22. The first-order chi connectivity index (χ1) is 5.70. The fourth-order valence-corrected chi connectivity index (χ4v) is 1.63. The maximum Gasteiger partial charge on any atom is 0.152 e. The molecule has 0 aliphatic carbocycles. The van der Waals surface area contributed by atoms with Crippen LogP contribution in [0.25, 0.3) is 0 Å². The van der Waals surface area contributed by atoms with Gasteiger partial charge in [0.15, 0.2) is 12.6 Å². The fraction of sp³-hybridized carbons (Fsp3) is 0. The molecule has 1 aromatic carbocycles. The van der Waals surface area contributed by atoms with Gasteiger partial charge in [-0.05, 0) is 34.7 Å². The lowest BCUT2D eigenvalue weighted by molar-refractivity contribution is 0.109. The molecule has 0 N–H and O–H groups in total. The van der Waals surface area contributed by atoms with E-state index >= 15 is 0 Å². The molecule has 1 aromatic rings. The van der Waals surface area contributed by atoms with Crippen molar-refractivity contribution in [2.24, 2.45) is 0 Å². The smallest absolute Gasteiger partial charge is 0.152 e. The van der Waals surface area contributed by atoms with E-state index in [0.29, 0.717) is 23.2 Å². The van der Waals surface area contributed by atoms with Gasteiger partial charge in [-0.1, -0.05) is 11.6 Å².